The fourth-order valence-electron chi connectivity index (χ4n) is 2.03. The summed E-state index contributed by atoms with van der Waals surface area (Å²) in [5.41, 5.74) is 0. The third-order valence-electron chi connectivity index (χ3n) is 2.87. The first-order valence-corrected chi connectivity index (χ1v) is 4.99. The summed E-state index contributed by atoms with van der Waals surface area (Å²) in [6.45, 7) is 4.42. The van der Waals surface area contributed by atoms with Crippen molar-refractivity contribution in [3.63, 3.8) is 0 Å². The van der Waals surface area contributed by atoms with Crippen LogP contribution in [0, 0.1) is 5.92 Å². The molecule has 0 aromatic carbocycles. The number of carbonyl (C=O) groups is 2. The van der Waals surface area contributed by atoms with Crippen LogP contribution in [0.25, 0.3) is 0 Å². The molecule has 1 aliphatic heterocycles. The molecule has 1 fully saturated rings. The predicted octanol–water partition coefficient (Wildman–Crippen LogP) is 0.806. The molecule has 0 bridgehead atoms. The van der Waals surface area contributed by atoms with E-state index in [0.29, 0.717) is 13.0 Å². The molecule has 1 aliphatic rings. The van der Waals surface area contributed by atoms with Crippen LogP contribution < -0.4 is 0 Å². The lowest BCUT2D eigenvalue weighted by Crippen LogP contribution is -2.40. The molecule has 1 saturated heterocycles. The third-order valence-corrected chi connectivity index (χ3v) is 2.87. The first-order valence-electron chi connectivity index (χ1n) is 4.99. The van der Waals surface area contributed by atoms with Crippen LogP contribution in [-0.4, -0.2) is 36.5 Å². The second kappa shape index (κ2) is 4.44. The second-order valence-electron chi connectivity index (χ2n) is 3.60. The fraction of sp³-hybridized carbons (Fsp3) is 0.800. The minimum Gasteiger partial charge on any atom is -0.469 e. The summed E-state index contributed by atoms with van der Waals surface area (Å²) >= 11 is 0. The molecule has 0 aromatic heterocycles. The highest BCUT2D eigenvalue weighted by atomic mass is 16.5. The van der Waals surface area contributed by atoms with Gasteiger partial charge in [-0.05, 0) is 20.3 Å². The number of ether oxygens (including phenoxy) is 1. The molecule has 1 rings (SSSR count). The largest absolute Gasteiger partial charge is 0.469 e. The van der Waals surface area contributed by atoms with Crippen LogP contribution in [0.4, 0.5) is 0 Å². The Balaban J connectivity index is 2.68. The van der Waals surface area contributed by atoms with Crippen LogP contribution in [0.15, 0.2) is 0 Å². The zero-order valence-corrected chi connectivity index (χ0v) is 8.95. The van der Waals surface area contributed by atoms with Crippen molar-refractivity contribution in [1.82, 2.24) is 4.90 Å². The maximum Gasteiger partial charge on any atom is 0.310 e. The number of carbonyl (C=O) groups excluding carboxylic acids is 2. The Morgan fingerprint density at radius 2 is 2.36 bits per heavy atom. The van der Waals surface area contributed by atoms with Gasteiger partial charge in [0.1, 0.15) is 0 Å². The van der Waals surface area contributed by atoms with E-state index in [9.17, 15) is 9.59 Å². The van der Waals surface area contributed by atoms with Gasteiger partial charge in [0.2, 0.25) is 5.91 Å². The van der Waals surface area contributed by atoms with Crippen LogP contribution in [0.1, 0.15) is 26.7 Å². The van der Waals surface area contributed by atoms with Crippen molar-refractivity contribution < 1.29 is 14.3 Å². The number of hydrogen-bond acceptors (Lipinski definition) is 3. The lowest BCUT2D eigenvalue weighted by molar-refractivity contribution is -0.147. The smallest absolute Gasteiger partial charge is 0.310 e. The number of amides is 1. The normalized spacial score (nSPS) is 23.8. The Morgan fingerprint density at radius 1 is 1.71 bits per heavy atom. The molecule has 80 valence electrons. The molecule has 0 aromatic rings. The average molecular weight is 199 g/mol. The predicted molar refractivity (Wildman–Crippen MR) is 51.6 cm³/mol. The summed E-state index contributed by atoms with van der Waals surface area (Å²) in [5, 5.41) is 0. The van der Waals surface area contributed by atoms with E-state index in [0.717, 1.165) is 6.42 Å². The van der Waals surface area contributed by atoms with Crippen molar-refractivity contribution in [1.29, 1.82) is 0 Å². The summed E-state index contributed by atoms with van der Waals surface area (Å²) in [6.07, 6.45) is 1.32. The van der Waals surface area contributed by atoms with Gasteiger partial charge >= 0.3 is 5.97 Å². The van der Waals surface area contributed by atoms with Crippen LogP contribution in [0.2, 0.25) is 0 Å². The number of rotatable bonds is 3. The van der Waals surface area contributed by atoms with Gasteiger partial charge < -0.3 is 9.64 Å². The number of hydrogen-bond donors (Lipinski definition) is 0. The van der Waals surface area contributed by atoms with Gasteiger partial charge in [-0.2, -0.15) is 0 Å². The maximum absolute atomic E-state index is 11.4. The molecule has 1 amide bonds. The lowest BCUT2D eigenvalue weighted by Gasteiger charge is -2.26. The van der Waals surface area contributed by atoms with Crippen molar-refractivity contribution in [3.8, 4) is 0 Å². The van der Waals surface area contributed by atoms with Crippen molar-refractivity contribution in [2.75, 3.05) is 13.7 Å². The quantitative estimate of drug-likeness (QED) is 0.632. The number of nitrogens with zero attached hydrogens (tertiary/aromatic N) is 1. The maximum atomic E-state index is 11.4. The van der Waals surface area contributed by atoms with E-state index in [1.165, 1.54) is 7.11 Å². The molecule has 0 radical (unpaired) electrons. The Morgan fingerprint density at radius 3 is 2.86 bits per heavy atom. The molecule has 4 heteroatoms. The van der Waals surface area contributed by atoms with E-state index in [1.807, 2.05) is 13.8 Å². The summed E-state index contributed by atoms with van der Waals surface area (Å²) < 4.78 is 4.68. The summed E-state index contributed by atoms with van der Waals surface area (Å²) in [6, 6.07) is 0.0277. The highest BCUT2D eigenvalue weighted by molar-refractivity contribution is 5.81. The highest BCUT2D eigenvalue weighted by Gasteiger charge is 2.36. The van der Waals surface area contributed by atoms with Crippen LogP contribution in [0.5, 0.6) is 0 Å². The zero-order valence-electron chi connectivity index (χ0n) is 8.95. The van der Waals surface area contributed by atoms with Crippen molar-refractivity contribution in [3.05, 3.63) is 0 Å². The minimum atomic E-state index is -0.233. The first kappa shape index (κ1) is 11.0. The Hall–Kier alpha value is -1.06. The van der Waals surface area contributed by atoms with Crippen molar-refractivity contribution >= 4 is 11.9 Å². The fourth-order valence-corrected chi connectivity index (χ4v) is 2.03. The second-order valence-corrected chi connectivity index (χ2v) is 3.60. The Labute approximate surface area is 84.2 Å². The molecule has 2 atom stereocenters. The zero-order chi connectivity index (χ0) is 10.7. The molecule has 4 nitrogen and oxygen atoms in total. The third kappa shape index (κ3) is 1.89. The van der Waals surface area contributed by atoms with Gasteiger partial charge in [-0.15, -0.1) is 0 Å². The number of esters is 1. The summed E-state index contributed by atoms with van der Waals surface area (Å²) in [7, 11) is 1.38. The monoisotopic (exact) mass is 199 g/mol. The average Bonchev–Trinajstić information content (AvgIpc) is 2.57. The van der Waals surface area contributed by atoms with Gasteiger partial charge in [0.25, 0.3) is 0 Å². The molecular weight excluding hydrogens is 182 g/mol. The standard InChI is InChI=1S/C10H17NO3/c1-4-11-8(5-6-9(11)12)7(2)10(13)14-3/h7-8H,4-6H2,1-3H3/t7-,8+/m0/s1. The molecule has 0 spiro atoms. The Kier molecular flexibility index (Phi) is 3.49. The van der Waals surface area contributed by atoms with Crippen LogP contribution in [0.3, 0.4) is 0 Å². The topological polar surface area (TPSA) is 46.6 Å². The Bertz CT molecular complexity index is 240. The molecule has 0 saturated carbocycles. The molecule has 14 heavy (non-hydrogen) atoms. The molecule has 1 heterocycles. The van der Waals surface area contributed by atoms with Gasteiger partial charge in [-0.1, -0.05) is 0 Å². The molecular formula is C10H17NO3. The van der Waals surface area contributed by atoms with Gasteiger partial charge in [-0.25, -0.2) is 0 Å². The van der Waals surface area contributed by atoms with E-state index in [1.54, 1.807) is 4.90 Å². The van der Waals surface area contributed by atoms with E-state index in [2.05, 4.69) is 4.74 Å². The van der Waals surface area contributed by atoms with Gasteiger partial charge in [-0.3, -0.25) is 9.59 Å². The van der Waals surface area contributed by atoms with Gasteiger partial charge in [0.05, 0.1) is 13.0 Å². The lowest BCUT2D eigenvalue weighted by atomic mass is 10.00. The summed E-state index contributed by atoms with van der Waals surface area (Å²) in [4.78, 5) is 24.5. The molecule has 0 aliphatic carbocycles. The number of likely N-dealkylation sites (tertiary alicyclic amines) is 1. The highest BCUT2D eigenvalue weighted by Crippen LogP contribution is 2.25. The van der Waals surface area contributed by atoms with E-state index in [4.69, 9.17) is 0 Å². The van der Waals surface area contributed by atoms with E-state index >= 15 is 0 Å². The minimum absolute atomic E-state index is 0.0277. The van der Waals surface area contributed by atoms with E-state index in [-0.39, 0.29) is 23.8 Å². The van der Waals surface area contributed by atoms with Crippen LogP contribution in [-0.2, 0) is 14.3 Å². The van der Waals surface area contributed by atoms with Crippen molar-refractivity contribution in [2.24, 2.45) is 5.92 Å². The molecule has 0 N–H and O–H groups in total. The molecule has 0 unspecified atom stereocenters. The van der Waals surface area contributed by atoms with Gasteiger partial charge in [0.15, 0.2) is 0 Å². The van der Waals surface area contributed by atoms with Gasteiger partial charge in [0, 0.05) is 19.0 Å². The van der Waals surface area contributed by atoms with Crippen LogP contribution >= 0.6 is 0 Å². The number of methoxy groups -OCH3 is 1. The SMILES string of the molecule is CCN1C(=O)CC[C@@H]1[C@H](C)C(=O)OC. The first-order chi connectivity index (χ1) is 6.61. The summed E-state index contributed by atoms with van der Waals surface area (Å²) in [5.74, 6) is -0.303. The van der Waals surface area contributed by atoms with Crippen molar-refractivity contribution in [2.45, 2.75) is 32.7 Å². The van der Waals surface area contributed by atoms with E-state index < -0.39 is 0 Å².